The van der Waals surface area contributed by atoms with Crippen LogP contribution in [0.2, 0.25) is 0 Å². The third kappa shape index (κ3) is 5.59. The van der Waals surface area contributed by atoms with Crippen LogP contribution in [-0.4, -0.2) is 17.9 Å². The highest BCUT2D eigenvalue weighted by Gasteiger charge is 2.19. The van der Waals surface area contributed by atoms with E-state index < -0.39 is 11.9 Å². The summed E-state index contributed by atoms with van der Waals surface area (Å²) in [5, 5.41) is 4.69. The van der Waals surface area contributed by atoms with Gasteiger partial charge in [-0.3, -0.25) is 9.59 Å². The molecule has 4 nitrogen and oxygen atoms in total. The van der Waals surface area contributed by atoms with Crippen LogP contribution in [0.1, 0.15) is 62.2 Å². The molecule has 0 radical (unpaired) electrons. The molecule has 0 spiro atoms. The zero-order valence-corrected chi connectivity index (χ0v) is 15.0. The summed E-state index contributed by atoms with van der Waals surface area (Å²) in [6.07, 6.45) is 7.40. The lowest BCUT2D eigenvalue weighted by Gasteiger charge is -2.16. The first-order chi connectivity index (χ1) is 12.1. The minimum Gasteiger partial charge on any atom is -0.368 e. The topological polar surface area (TPSA) is 72.2 Å². The number of benzene rings is 2. The van der Waals surface area contributed by atoms with Crippen molar-refractivity contribution in [1.82, 2.24) is 5.32 Å². The molecular formula is C21H28N2O2. The summed E-state index contributed by atoms with van der Waals surface area (Å²) in [5.74, 6) is -0.714. The van der Waals surface area contributed by atoms with Gasteiger partial charge in [-0.25, -0.2) is 0 Å². The molecule has 0 unspecified atom stereocenters. The lowest BCUT2D eigenvalue weighted by atomic mass is 10.0. The smallest absolute Gasteiger partial charge is 0.252 e. The lowest BCUT2D eigenvalue weighted by molar-refractivity contribution is -0.120. The van der Waals surface area contributed by atoms with Gasteiger partial charge in [0.05, 0.1) is 0 Å². The van der Waals surface area contributed by atoms with Crippen molar-refractivity contribution in [2.45, 2.75) is 57.9 Å². The maximum absolute atomic E-state index is 12.6. The largest absolute Gasteiger partial charge is 0.368 e. The van der Waals surface area contributed by atoms with Crippen LogP contribution in [0, 0.1) is 0 Å². The minimum absolute atomic E-state index is 0.244. The van der Waals surface area contributed by atoms with Crippen molar-refractivity contribution in [3.63, 3.8) is 0 Å². The van der Waals surface area contributed by atoms with Crippen molar-refractivity contribution in [2.24, 2.45) is 5.73 Å². The Bertz CT molecular complexity index is 707. The summed E-state index contributed by atoms with van der Waals surface area (Å²) in [4.78, 5) is 24.3. The number of carbonyl (C=O) groups excluding carboxylic acids is 2. The fraction of sp³-hybridized carbons (Fsp3) is 0.429. The van der Waals surface area contributed by atoms with Gasteiger partial charge in [-0.2, -0.15) is 0 Å². The predicted molar refractivity (Wildman–Crippen MR) is 102 cm³/mol. The predicted octanol–water partition coefficient (Wildman–Crippen LogP) is 4.17. The van der Waals surface area contributed by atoms with Crippen LogP contribution >= 0.6 is 0 Å². The fourth-order valence-corrected chi connectivity index (χ4v) is 3.07. The molecule has 2 aromatic rings. The molecule has 0 fully saturated rings. The van der Waals surface area contributed by atoms with Crippen molar-refractivity contribution < 1.29 is 9.59 Å². The van der Waals surface area contributed by atoms with Crippen molar-refractivity contribution in [3.8, 4) is 0 Å². The van der Waals surface area contributed by atoms with E-state index in [9.17, 15) is 9.59 Å². The molecule has 134 valence electrons. The van der Waals surface area contributed by atoms with Crippen LogP contribution in [0.5, 0.6) is 0 Å². The number of rotatable bonds is 10. The highest BCUT2D eigenvalue weighted by atomic mass is 16.2. The molecule has 0 aromatic heterocycles. The molecular weight excluding hydrogens is 312 g/mol. The molecule has 0 aliphatic carbocycles. The average Bonchev–Trinajstić information content (AvgIpc) is 2.62. The summed E-state index contributed by atoms with van der Waals surface area (Å²) in [5.41, 5.74) is 6.06. The Labute approximate surface area is 149 Å². The van der Waals surface area contributed by atoms with Gasteiger partial charge in [0.15, 0.2) is 0 Å². The van der Waals surface area contributed by atoms with Crippen LogP contribution in [-0.2, 0) is 4.79 Å². The van der Waals surface area contributed by atoms with E-state index in [1.165, 1.54) is 19.3 Å². The molecule has 3 N–H and O–H groups in total. The average molecular weight is 340 g/mol. The monoisotopic (exact) mass is 340 g/mol. The van der Waals surface area contributed by atoms with Gasteiger partial charge in [0.1, 0.15) is 6.04 Å². The lowest BCUT2D eigenvalue weighted by Crippen LogP contribution is -2.44. The quantitative estimate of drug-likeness (QED) is 0.637. The normalized spacial score (nSPS) is 12.0. The van der Waals surface area contributed by atoms with E-state index in [1.54, 1.807) is 6.07 Å². The number of carbonyl (C=O) groups is 2. The molecule has 0 saturated heterocycles. The maximum Gasteiger partial charge on any atom is 0.252 e. The highest BCUT2D eigenvalue weighted by Crippen LogP contribution is 2.18. The summed E-state index contributed by atoms with van der Waals surface area (Å²) in [6.45, 7) is 2.19. The molecule has 0 aliphatic rings. The van der Waals surface area contributed by atoms with Crippen LogP contribution in [0.25, 0.3) is 10.8 Å². The van der Waals surface area contributed by atoms with E-state index in [2.05, 4.69) is 12.2 Å². The standard InChI is InChI=1S/C21H28N2O2/c1-2-3-4-5-6-7-15-19(20(22)24)23-21(25)18-14-10-12-16-11-8-9-13-17(16)18/h8-14,19H,2-7,15H2,1H3,(H2,22,24)(H,23,25)/t19-/m0/s1. The van der Waals surface area contributed by atoms with Crippen LogP contribution < -0.4 is 11.1 Å². The second-order valence-corrected chi connectivity index (χ2v) is 6.51. The zero-order valence-electron chi connectivity index (χ0n) is 15.0. The van der Waals surface area contributed by atoms with E-state index in [0.717, 1.165) is 30.0 Å². The number of primary amides is 1. The molecule has 25 heavy (non-hydrogen) atoms. The van der Waals surface area contributed by atoms with Gasteiger partial charge in [-0.15, -0.1) is 0 Å². The van der Waals surface area contributed by atoms with Crippen LogP contribution in [0.15, 0.2) is 42.5 Å². The number of unbranched alkanes of at least 4 members (excludes halogenated alkanes) is 5. The summed E-state index contributed by atoms with van der Waals surface area (Å²) in [7, 11) is 0. The van der Waals surface area contributed by atoms with Crippen molar-refractivity contribution in [3.05, 3.63) is 48.0 Å². The van der Waals surface area contributed by atoms with Crippen LogP contribution in [0.4, 0.5) is 0 Å². The molecule has 0 saturated carbocycles. The van der Waals surface area contributed by atoms with E-state index in [0.29, 0.717) is 12.0 Å². The van der Waals surface area contributed by atoms with Crippen molar-refractivity contribution in [1.29, 1.82) is 0 Å². The number of hydrogen-bond acceptors (Lipinski definition) is 2. The van der Waals surface area contributed by atoms with E-state index in [1.807, 2.05) is 36.4 Å². The van der Waals surface area contributed by atoms with Gasteiger partial charge in [0.25, 0.3) is 5.91 Å². The Morgan fingerprint density at radius 3 is 2.40 bits per heavy atom. The van der Waals surface area contributed by atoms with Crippen LogP contribution in [0.3, 0.4) is 0 Å². The zero-order chi connectivity index (χ0) is 18.1. The Balaban J connectivity index is 1.96. The Kier molecular flexibility index (Phi) is 7.45. The molecule has 0 aliphatic heterocycles. The minimum atomic E-state index is -0.613. The molecule has 0 bridgehead atoms. The third-order valence-electron chi connectivity index (χ3n) is 4.53. The van der Waals surface area contributed by atoms with Crippen molar-refractivity contribution >= 4 is 22.6 Å². The second kappa shape index (κ2) is 9.82. The van der Waals surface area contributed by atoms with Gasteiger partial charge in [-0.05, 0) is 23.3 Å². The van der Waals surface area contributed by atoms with E-state index in [-0.39, 0.29) is 5.91 Å². The molecule has 1 atom stereocenters. The Morgan fingerprint density at radius 2 is 1.64 bits per heavy atom. The molecule has 0 heterocycles. The van der Waals surface area contributed by atoms with E-state index in [4.69, 9.17) is 5.73 Å². The summed E-state index contributed by atoms with van der Waals surface area (Å²) >= 11 is 0. The second-order valence-electron chi connectivity index (χ2n) is 6.51. The van der Waals surface area contributed by atoms with E-state index >= 15 is 0 Å². The first kappa shape index (κ1) is 19.0. The number of amides is 2. The number of nitrogens with two attached hydrogens (primary N) is 1. The highest BCUT2D eigenvalue weighted by molar-refractivity contribution is 6.08. The fourth-order valence-electron chi connectivity index (χ4n) is 3.07. The molecule has 2 aromatic carbocycles. The van der Waals surface area contributed by atoms with Crippen molar-refractivity contribution in [2.75, 3.05) is 0 Å². The van der Waals surface area contributed by atoms with Gasteiger partial charge in [0, 0.05) is 5.56 Å². The molecule has 2 rings (SSSR count). The number of fused-ring (bicyclic) bond motifs is 1. The number of hydrogen-bond donors (Lipinski definition) is 2. The van der Waals surface area contributed by atoms with Gasteiger partial charge >= 0.3 is 0 Å². The van der Waals surface area contributed by atoms with Gasteiger partial charge in [-0.1, -0.05) is 81.8 Å². The summed E-state index contributed by atoms with van der Waals surface area (Å²) in [6, 6.07) is 12.7. The third-order valence-corrected chi connectivity index (χ3v) is 4.53. The van der Waals surface area contributed by atoms with Gasteiger partial charge in [0.2, 0.25) is 5.91 Å². The molecule has 2 amide bonds. The number of nitrogens with one attached hydrogen (secondary N) is 1. The van der Waals surface area contributed by atoms with Gasteiger partial charge < -0.3 is 11.1 Å². The Hall–Kier alpha value is -2.36. The molecule has 4 heteroatoms. The SMILES string of the molecule is CCCCCCCC[C@H](NC(=O)c1cccc2ccccc12)C(N)=O. The summed E-state index contributed by atoms with van der Waals surface area (Å²) < 4.78 is 0. The maximum atomic E-state index is 12.6. The first-order valence-corrected chi connectivity index (χ1v) is 9.21. The Morgan fingerprint density at radius 1 is 0.960 bits per heavy atom. The first-order valence-electron chi connectivity index (χ1n) is 9.21.